The fourth-order valence-electron chi connectivity index (χ4n) is 1.29. The molecule has 1 rings (SSSR count). The summed E-state index contributed by atoms with van der Waals surface area (Å²) in [5.41, 5.74) is -1.40. The summed E-state index contributed by atoms with van der Waals surface area (Å²) in [4.78, 5) is 11.3. The zero-order chi connectivity index (χ0) is 15.7. The number of rotatable bonds is 4. The molecule has 0 radical (unpaired) electrons. The smallest absolute Gasteiger partial charge is 0.461 e. The minimum Gasteiger partial charge on any atom is -0.493 e. The van der Waals surface area contributed by atoms with E-state index < -0.39 is 33.7 Å². The number of carbonyl (C=O) groups is 1. The first-order chi connectivity index (χ1) is 9.04. The van der Waals surface area contributed by atoms with Crippen molar-refractivity contribution in [1.82, 2.24) is 0 Å². The van der Waals surface area contributed by atoms with Crippen LogP contribution in [0.3, 0.4) is 0 Å². The van der Waals surface area contributed by atoms with E-state index in [9.17, 15) is 31.1 Å². The Hall–Kier alpha value is -1.25. The Kier molecular flexibility index (Phi) is 4.73. The highest BCUT2D eigenvalue weighted by molar-refractivity contribution is 9.10. The zero-order valence-electron chi connectivity index (χ0n) is 9.82. The summed E-state index contributed by atoms with van der Waals surface area (Å²) in [6.07, 6.45) is -6.11. The third-order valence-electron chi connectivity index (χ3n) is 2.22. The van der Waals surface area contributed by atoms with Crippen LogP contribution in [0.1, 0.15) is 17.3 Å². The zero-order valence-corrected chi connectivity index (χ0v) is 11.4. The largest absolute Gasteiger partial charge is 0.493 e. The maximum Gasteiger partial charge on any atom is 0.461 e. The Morgan fingerprint density at radius 1 is 1.25 bits per heavy atom. The van der Waals surface area contributed by atoms with Gasteiger partial charge >= 0.3 is 12.1 Å². The normalized spacial score (nSPS) is 12.4. The monoisotopic (exact) mass is 364 g/mol. The predicted molar refractivity (Wildman–Crippen MR) is 60.6 cm³/mol. The van der Waals surface area contributed by atoms with Gasteiger partial charge in [0.05, 0.1) is 16.6 Å². The van der Waals surface area contributed by atoms with Crippen LogP contribution in [-0.2, 0) is 0 Å². The van der Waals surface area contributed by atoms with Crippen molar-refractivity contribution < 1.29 is 35.9 Å². The number of ketones is 1. The second kappa shape index (κ2) is 5.63. The molecule has 1 aromatic rings. The number of halogens is 7. The van der Waals surface area contributed by atoms with Crippen LogP contribution >= 0.6 is 15.9 Å². The van der Waals surface area contributed by atoms with Crippen molar-refractivity contribution in [2.24, 2.45) is 0 Å². The molecule has 1 aromatic carbocycles. The number of hydrogen-bond donors (Lipinski definition) is 0. The highest BCUT2D eigenvalue weighted by Crippen LogP contribution is 2.41. The van der Waals surface area contributed by atoms with Crippen LogP contribution < -0.4 is 4.74 Å². The van der Waals surface area contributed by atoms with Crippen LogP contribution in [0.2, 0.25) is 0 Å². The molecule has 9 heteroatoms. The number of alkyl halides is 5. The van der Waals surface area contributed by atoms with Crippen LogP contribution in [0, 0.1) is 5.82 Å². The van der Waals surface area contributed by atoms with E-state index in [2.05, 4.69) is 15.9 Å². The van der Waals surface area contributed by atoms with Crippen LogP contribution in [0.25, 0.3) is 0 Å². The molecule has 0 saturated heterocycles. The molecule has 20 heavy (non-hydrogen) atoms. The van der Waals surface area contributed by atoms with E-state index in [1.165, 1.54) is 6.92 Å². The van der Waals surface area contributed by atoms with Gasteiger partial charge in [-0.05, 0) is 35.0 Å². The average Bonchev–Trinajstić information content (AvgIpc) is 2.31. The summed E-state index contributed by atoms with van der Waals surface area (Å²) in [6, 6.07) is 1.58. The Bertz CT molecular complexity index is 526. The van der Waals surface area contributed by atoms with Crippen molar-refractivity contribution in [3.8, 4) is 5.75 Å². The molecule has 0 heterocycles. The van der Waals surface area contributed by atoms with Gasteiger partial charge in [0.15, 0.2) is 0 Å². The molecule has 0 aliphatic carbocycles. The van der Waals surface area contributed by atoms with Crippen molar-refractivity contribution in [3.63, 3.8) is 0 Å². The number of carbonyl (C=O) groups excluding carboxylic acids is 1. The Morgan fingerprint density at radius 3 is 2.25 bits per heavy atom. The van der Waals surface area contributed by atoms with Gasteiger partial charge in [-0.1, -0.05) is 0 Å². The molecule has 2 nitrogen and oxygen atoms in total. The fraction of sp³-hybridized carbons (Fsp3) is 0.364. The van der Waals surface area contributed by atoms with E-state index in [0.717, 1.165) is 6.07 Å². The molecule has 0 unspecified atom stereocenters. The first-order valence-corrected chi connectivity index (χ1v) is 5.93. The lowest BCUT2D eigenvalue weighted by Gasteiger charge is -2.19. The minimum atomic E-state index is -6.11. The molecule has 0 atom stereocenters. The molecule has 0 saturated carbocycles. The van der Waals surface area contributed by atoms with Crippen molar-refractivity contribution >= 4 is 21.7 Å². The highest BCUT2D eigenvalue weighted by Gasteiger charge is 2.64. The molecule has 0 spiro atoms. The third kappa shape index (κ3) is 2.92. The van der Waals surface area contributed by atoms with Crippen molar-refractivity contribution in [3.05, 3.63) is 28.0 Å². The van der Waals surface area contributed by atoms with Gasteiger partial charge in [-0.3, -0.25) is 4.79 Å². The van der Waals surface area contributed by atoms with Crippen LogP contribution in [-0.4, -0.2) is 24.5 Å². The maximum absolute atomic E-state index is 13.4. The van der Waals surface area contributed by atoms with E-state index in [1.807, 2.05) is 0 Å². The first-order valence-electron chi connectivity index (χ1n) is 5.14. The van der Waals surface area contributed by atoms with Gasteiger partial charge in [0.1, 0.15) is 11.6 Å². The predicted octanol–water partition coefficient (Wildman–Crippen LogP) is 4.37. The molecule has 0 amide bonds. The van der Waals surface area contributed by atoms with E-state index in [1.54, 1.807) is 0 Å². The van der Waals surface area contributed by atoms with Gasteiger partial charge in [0.25, 0.3) is 0 Å². The van der Waals surface area contributed by atoms with Gasteiger partial charge in [-0.2, -0.15) is 22.0 Å². The Morgan fingerprint density at radius 2 is 1.80 bits per heavy atom. The Balaban J connectivity index is 3.40. The molecule has 0 aliphatic rings. The molecule has 112 valence electrons. The lowest BCUT2D eigenvalue weighted by molar-refractivity contribution is -0.255. The summed E-state index contributed by atoms with van der Waals surface area (Å²) in [7, 11) is 0. The summed E-state index contributed by atoms with van der Waals surface area (Å²) in [5.74, 6) is -10.1. The van der Waals surface area contributed by atoms with Gasteiger partial charge in [0.2, 0.25) is 5.78 Å². The van der Waals surface area contributed by atoms with Crippen molar-refractivity contribution in [2.45, 2.75) is 19.0 Å². The average molecular weight is 365 g/mol. The number of hydrogen-bond acceptors (Lipinski definition) is 2. The number of benzene rings is 1. The molecule has 0 aliphatic heterocycles. The van der Waals surface area contributed by atoms with Crippen molar-refractivity contribution in [2.75, 3.05) is 6.61 Å². The van der Waals surface area contributed by atoms with E-state index in [-0.39, 0.29) is 12.4 Å². The summed E-state index contributed by atoms with van der Waals surface area (Å²) in [5, 5.41) is 0. The van der Waals surface area contributed by atoms with Gasteiger partial charge in [0, 0.05) is 0 Å². The minimum absolute atomic E-state index is 0.0491. The fourth-order valence-corrected chi connectivity index (χ4v) is 1.91. The maximum atomic E-state index is 13.4. The second-order valence-electron chi connectivity index (χ2n) is 3.57. The molecule has 0 fully saturated rings. The van der Waals surface area contributed by atoms with Crippen molar-refractivity contribution in [1.29, 1.82) is 0 Å². The SMILES string of the molecule is CCOc1ccc(F)c(C(=O)C(F)(F)C(F)(F)F)c1Br. The quantitative estimate of drug-likeness (QED) is 0.585. The summed E-state index contributed by atoms with van der Waals surface area (Å²) < 4.78 is 80.1. The van der Waals surface area contributed by atoms with E-state index in [4.69, 9.17) is 4.74 Å². The lowest BCUT2D eigenvalue weighted by atomic mass is 10.0. The van der Waals surface area contributed by atoms with Crippen LogP contribution in [0.5, 0.6) is 5.75 Å². The standard InChI is InChI=1S/C11H7BrF6O2/c1-2-20-6-4-3-5(13)7(8(6)12)9(19)10(14,15)11(16,17)18/h3-4H,2H2,1H3. The molecular formula is C11H7BrF6O2. The highest BCUT2D eigenvalue weighted by atomic mass is 79.9. The van der Waals surface area contributed by atoms with E-state index >= 15 is 0 Å². The van der Waals surface area contributed by atoms with Gasteiger partial charge in [-0.25, -0.2) is 4.39 Å². The molecule has 0 aromatic heterocycles. The van der Waals surface area contributed by atoms with Gasteiger partial charge in [-0.15, -0.1) is 0 Å². The lowest BCUT2D eigenvalue weighted by Crippen LogP contribution is -2.44. The van der Waals surface area contributed by atoms with Crippen LogP contribution in [0.15, 0.2) is 16.6 Å². The molecule has 0 N–H and O–H groups in total. The third-order valence-corrected chi connectivity index (χ3v) is 3.01. The second-order valence-corrected chi connectivity index (χ2v) is 4.36. The summed E-state index contributed by atoms with van der Waals surface area (Å²) in [6.45, 7) is 1.56. The Labute approximate surface area is 117 Å². The van der Waals surface area contributed by atoms with Crippen LogP contribution in [0.4, 0.5) is 26.3 Å². The number of Topliss-reactive ketones (excluding diaryl/α,β-unsaturated/α-hetero) is 1. The van der Waals surface area contributed by atoms with E-state index in [0.29, 0.717) is 6.07 Å². The molecule has 0 bridgehead atoms. The number of ether oxygens (including phenoxy) is 1. The van der Waals surface area contributed by atoms with Gasteiger partial charge < -0.3 is 4.74 Å². The molecular weight excluding hydrogens is 358 g/mol. The first kappa shape index (κ1) is 16.8. The summed E-state index contributed by atoms with van der Waals surface area (Å²) >= 11 is 2.61. The topological polar surface area (TPSA) is 26.3 Å².